The summed E-state index contributed by atoms with van der Waals surface area (Å²) in [5.41, 5.74) is 16.7. The molecule has 1 radical (unpaired) electrons. The summed E-state index contributed by atoms with van der Waals surface area (Å²) in [5, 5.41) is 23.9. The number of imide groups is 1. The van der Waals surface area contributed by atoms with Crippen LogP contribution in [0.15, 0.2) is 24.3 Å². The van der Waals surface area contributed by atoms with E-state index < -0.39 is 96.9 Å². The molecule has 1 fully saturated rings. The molecular weight excluding hydrogens is 630 g/mol. The summed E-state index contributed by atoms with van der Waals surface area (Å²) in [4.78, 5) is 104. The van der Waals surface area contributed by atoms with Crippen LogP contribution in [0.4, 0.5) is 0 Å². The average Bonchev–Trinajstić information content (AvgIpc) is 3.51. The molecule has 0 aliphatic carbocycles. The van der Waals surface area contributed by atoms with Gasteiger partial charge in [0.2, 0.25) is 41.7 Å². The lowest BCUT2D eigenvalue weighted by Gasteiger charge is -2.35. The number of nitrogens with one attached hydrogen (secondary N) is 2. The Labute approximate surface area is 277 Å². The molecule has 17 nitrogen and oxygen atoms in total. The summed E-state index contributed by atoms with van der Waals surface area (Å²) in [5.74, 6) is -6.55. The van der Waals surface area contributed by atoms with Gasteiger partial charge in [0.1, 0.15) is 29.9 Å². The number of amides is 7. The van der Waals surface area contributed by atoms with Crippen LogP contribution in [-0.2, 0) is 44.8 Å². The molecule has 1 heterocycles. The van der Waals surface area contributed by atoms with Gasteiger partial charge in [0.25, 0.3) is 5.91 Å². The van der Waals surface area contributed by atoms with Crippen LogP contribution in [-0.4, -0.2) is 111 Å². The largest absolute Gasteiger partial charge is 0.508 e. The summed E-state index contributed by atoms with van der Waals surface area (Å²) in [6.07, 6.45) is 0.524. The van der Waals surface area contributed by atoms with E-state index >= 15 is 0 Å². The third kappa shape index (κ3) is 11.1. The van der Waals surface area contributed by atoms with Gasteiger partial charge in [0.15, 0.2) is 0 Å². The highest BCUT2D eigenvalue weighted by Gasteiger charge is 2.43. The van der Waals surface area contributed by atoms with Crippen molar-refractivity contribution >= 4 is 47.6 Å². The minimum Gasteiger partial charge on any atom is -0.508 e. The minimum absolute atomic E-state index is 0.0481. The second-order valence-electron chi connectivity index (χ2n) is 11.8. The highest BCUT2D eigenvalue weighted by atomic mass is 16.3. The molecule has 7 amide bonds. The number of phenolic OH excluding ortho intramolecular Hbond substituents is 1. The molecule has 1 aliphatic heterocycles. The molecule has 1 aromatic carbocycles. The van der Waals surface area contributed by atoms with E-state index in [9.17, 15) is 48.6 Å². The van der Waals surface area contributed by atoms with E-state index in [-0.39, 0.29) is 38.0 Å². The Morgan fingerprint density at radius 3 is 2.15 bits per heavy atom. The Morgan fingerprint density at radius 2 is 1.60 bits per heavy atom. The van der Waals surface area contributed by atoms with Gasteiger partial charge >= 0.3 is 0 Å². The molecule has 0 saturated carbocycles. The maximum atomic E-state index is 14.1. The quantitative estimate of drug-likeness (QED) is 0.0837. The van der Waals surface area contributed by atoms with Crippen LogP contribution in [0.1, 0.15) is 57.9 Å². The van der Waals surface area contributed by atoms with Crippen molar-refractivity contribution in [2.45, 2.75) is 89.0 Å². The average molecular weight is 675 g/mol. The van der Waals surface area contributed by atoms with Crippen molar-refractivity contribution in [1.29, 1.82) is 0 Å². The number of hydrogen-bond acceptors (Lipinski definition) is 11. The van der Waals surface area contributed by atoms with E-state index in [0.717, 1.165) is 4.90 Å². The number of carbonyl (C=O) groups is 7. The maximum Gasteiger partial charge on any atom is 0.252 e. The molecular formula is C31H44N7O10. The van der Waals surface area contributed by atoms with Crippen LogP contribution in [0.5, 0.6) is 5.75 Å². The Balaban J connectivity index is 2.43. The van der Waals surface area contributed by atoms with Gasteiger partial charge in [-0.05, 0) is 42.9 Å². The number of nitrogens with two attached hydrogens (primary N) is 3. The molecule has 0 aromatic heterocycles. The van der Waals surface area contributed by atoms with Crippen molar-refractivity contribution in [1.82, 2.24) is 20.4 Å². The van der Waals surface area contributed by atoms with Crippen molar-refractivity contribution in [3.63, 3.8) is 0 Å². The maximum absolute atomic E-state index is 14.1. The van der Waals surface area contributed by atoms with Crippen LogP contribution in [0.25, 0.3) is 0 Å². The van der Waals surface area contributed by atoms with Crippen LogP contribution < -0.4 is 27.8 Å². The fraction of sp³-hybridized carbons (Fsp3) is 0.548. The predicted octanol–water partition coefficient (Wildman–Crippen LogP) is -2.76. The standard InChI is InChI=1S/C31H44N7O10/c1-17(2)24(16-40)38(27(44)11-13-39)31(48)23-4-3-12-37(23)30(47)22(14-18-5-7-19(41)8-6-18)36-29(46)21(15-26(34)43)35-28(45)20(32)9-10-25(33)42/h5-8,17,20-24,39,41H,3-4,9-15,32H2,1-2H3,(H2,33,42)(H2,34,43)(H,35,45)(H,36,46)/t20-,21-,22-,23-,24+/m0/s1. The van der Waals surface area contributed by atoms with Crippen LogP contribution in [0.3, 0.4) is 0 Å². The highest BCUT2D eigenvalue weighted by Crippen LogP contribution is 2.24. The number of likely N-dealkylation sites (tertiary alicyclic amines) is 1. The van der Waals surface area contributed by atoms with E-state index in [1.807, 2.05) is 0 Å². The number of rotatable bonds is 18. The molecule has 0 unspecified atom stereocenters. The number of carbonyl (C=O) groups excluding carboxylic acids is 8. The molecule has 1 saturated heterocycles. The van der Waals surface area contributed by atoms with Crippen molar-refractivity contribution in [2.75, 3.05) is 13.2 Å². The summed E-state index contributed by atoms with van der Waals surface area (Å²) in [7, 11) is 0. The lowest BCUT2D eigenvalue weighted by molar-refractivity contribution is -0.154. The molecule has 48 heavy (non-hydrogen) atoms. The fourth-order valence-electron chi connectivity index (χ4n) is 5.22. The Morgan fingerprint density at radius 1 is 0.979 bits per heavy atom. The van der Waals surface area contributed by atoms with E-state index in [2.05, 4.69) is 10.6 Å². The normalized spacial score (nSPS) is 16.7. The van der Waals surface area contributed by atoms with Gasteiger partial charge in [-0.1, -0.05) is 26.0 Å². The summed E-state index contributed by atoms with van der Waals surface area (Å²) in [6.45, 7) is 2.68. The van der Waals surface area contributed by atoms with Gasteiger partial charge in [-0.3, -0.25) is 43.3 Å². The topological polar surface area (TPSA) is 286 Å². The van der Waals surface area contributed by atoms with Gasteiger partial charge in [0.05, 0.1) is 25.5 Å². The fourth-order valence-corrected chi connectivity index (χ4v) is 5.22. The van der Waals surface area contributed by atoms with Crippen LogP contribution in [0.2, 0.25) is 0 Å². The first kappa shape index (κ1) is 39.3. The molecule has 0 spiro atoms. The number of phenols is 1. The molecule has 10 N–H and O–H groups in total. The smallest absolute Gasteiger partial charge is 0.252 e. The number of primary amides is 2. The summed E-state index contributed by atoms with van der Waals surface area (Å²) in [6, 6.07) is -1.02. The first-order chi connectivity index (χ1) is 22.6. The van der Waals surface area contributed by atoms with Crippen molar-refractivity contribution in [3.8, 4) is 5.75 Å². The number of aromatic hydroxyl groups is 1. The SMILES string of the molecule is CC(C)[C@@H]([C]=O)N(C(=O)CCO)C(=O)[C@@H]1CCCN1C(=O)[C@H](Cc1ccc(O)cc1)NC(=O)[C@H](CC(N)=O)NC(=O)[C@@H](N)CCC(N)=O. The van der Waals surface area contributed by atoms with Gasteiger partial charge < -0.3 is 42.9 Å². The van der Waals surface area contributed by atoms with Gasteiger partial charge in [0, 0.05) is 19.4 Å². The Hall–Kier alpha value is -4.90. The monoisotopic (exact) mass is 674 g/mol. The lowest BCUT2D eigenvalue weighted by atomic mass is 10.0. The number of benzene rings is 1. The summed E-state index contributed by atoms with van der Waals surface area (Å²) >= 11 is 0. The minimum atomic E-state index is -1.58. The van der Waals surface area contributed by atoms with E-state index in [0.29, 0.717) is 12.0 Å². The van der Waals surface area contributed by atoms with Crippen LogP contribution in [0, 0.1) is 5.92 Å². The number of hydrogen-bond donors (Lipinski definition) is 7. The zero-order valence-corrected chi connectivity index (χ0v) is 26.9. The summed E-state index contributed by atoms with van der Waals surface area (Å²) < 4.78 is 0. The van der Waals surface area contributed by atoms with E-state index in [4.69, 9.17) is 17.2 Å². The van der Waals surface area contributed by atoms with Crippen molar-refractivity contribution < 1.29 is 48.6 Å². The van der Waals surface area contributed by atoms with Gasteiger partial charge in [-0.15, -0.1) is 0 Å². The Kier molecular flexibility index (Phi) is 15.1. The predicted molar refractivity (Wildman–Crippen MR) is 168 cm³/mol. The third-order valence-electron chi connectivity index (χ3n) is 7.75. The number of aliphatic hydroxyl groups excluding tert-OH is 1. The highest BCUT2D eigenvalue weighted by molar-refractivity contribution is 6.02. The molecule has 2 rings (SSSR count). The van der Waals surface area contributed by atoms with E-state index in [1.54, 1.807) is 20.1 Å². The molecule has 1 aliphatic rings. The molecule has 0 bridgehead atoms. The van der Waals surface area contributed by atoms with Gasteiger partial charge in [-0.25, -0.2) is 0 Å². The third-order valence-corrected chi connectivity index (χ3v) is 7.75. The number of aliphatic hydroxyl groups is 1. The zero-order valence-electron chi connectivity index (χ0n) is 26.9. The molecule has 17 heteroatoms. The Bertz CT molecular complexity index is 1350. The molecule has 1 aromatic rings. The second kappa shape index (κ2) is 18.4. The lowest BCUT2D eigenvalue weighted by Crippen LogP contribution is -2.60. The molecule has 263 valence electrons. The van der Waals surface area contributed by atoms with Crippen LogP contribution >= 0.6 is 0 Å². The number of nitrogens with zero attached hydrogens (tertiary/aromatic N) is 2. The first-order valence-corrected chi connectivity index (χ1v) is 15.5. The van der Waals surface area contributed by atoms with Crippen molar-refractivity contribution in [2.24, 2.45) is 23.1 Å². The van der Waals surface area contributed by atoms with Crippen molar-refractivity contribution in [3.05, 3.63) is 29.8 Å². The zero-order chi connectivity index (χ0) is 36.1. The second-order valence-corrected chi connectivity index (χ2v) is 11.8. The van der Waals surface area contributed by atoms with Gasteiger partial charge in [-0.2, -0.15) is 0 Å². The first-order valence-electron chi connectivity index (χ1n) is 15.5. The van der Waals surface area contributed by atoms with E-state index in [1.165, 1.54) is 29.2 Å². The molecule has 5 atom stereocenters.